The van der Waals surface area contributed by atoms with Crippen LogP contribution in [0.15, 0.2) is 24.4 Å². The average Bonchev–Trinajstić information content (AvgIpc) is 2.59. The van der Waals surface area contributed by atoms with E-state index < -0.39 is 5.97 Å². The molecule has 1 aromatic heterocycles. The summed E-state index contributed by atoms with van der Waals surface area (Å²) < 4.78 is 1.87. The summed E-state index contributed by atoms with van der Waals surface area (Å²) >= 11 is 0. The van der Waals surface area contributed by atoms with Crippen molar-refractivity contribution in [3.63, 3.8) is 0 Å². The second-order valence-corrected chi connectivity index (χ2v) is 4.35. The van der Waals surface area contributed by atoms with Gasteiger partial charge in [-0.3, -0.25) is 0 Å². The molecule has 2 aromatic rings. The first-order valence-corrected chi connectivity index (χ1v) is 5.33. The molecule has 0 unspecified atom stereocenters. The van der Waals surface area contributed by atoms with E-state index in [1.807, 2.05) is 29.9 Å². The molecule has 16 heavy (non-hydrogen) atoms. The summed E-state index contributed by atoms with van der Waals surface area (Å²) in [5.41, 5.74) is 2.37. The number of benzene rings is 1. The van der Waals surface area contributed by atoms with Crippen LogP contribution in [0.5, 0.6) is 0 Å². The fourth-order valence-electron chi connectivity index (χ4n) is 2.12. The van der Waals surface area contributed by atoms with Crippen molar-refractivity contribution in [2.45, 2.75) is 19.8 Å². The Morgan fingerprint density at radius 2 is 2.00 bits per heavy atom. The molecule has 3 heteroatoms. The Morgan fingerprint density at radius 1 is 1.31 bits per heavy atom. The second-order valence-electron chi connectivity index (χ2n) is 4.35. The van der Waals surface area contributed by atoms with Crippen molar-refractivity contribution in [1.29, 1.82) is 0 Å². The summed E-state index contributed by atoms with van der Waals surface area (Å²) in [6.07, 6.45) is 1.91. The lowest BCUT2D eigenvalue weighted by Crippen LogP contribution is -2.02. The molecule has 0 saturated carbocycles. The number of carboxylic acid groups (broad SMARTS) is 1. The first-order chi connectivity index (χ1) is 7.52. The molecule has 1 heterocycles. The minimum atomic E-state index is -0.873. The summed E-state index contributed by atoms with van der Waals surface area (Å²) in [4.78, 5) is 11.1. The Kier molecular flexibility index (Phi) is 2.46. The van der Waals surface area contributed by atoms with E-state index in [0.717, 1.165) is 10.9 Å². The number of fused-ring (bicyclic) bond motifs is 1. The van der Waals surface area contributed by atoms with Crippen LogP contribution in [-0.4, -0.2) is 15.6 Å². The highest BCUT2D eigenvalue weighted by molar-refractivity contribution is 6.03. The Morgan fingerprint density at radius 3 is 2.56 bits per heavy atom. The van der Waals surface area contributed by atoms with Gasteiger partial charge in [0.15, 0.2) is 0 Å². The Hall–Kier alpha value is -1.77. The minimum absolute atomic E-state index is 0.368. The van der Waals surface area contributed by atoms with Crippen LogP contribution in [0.1, 0.15) is 35.7 Å². The van der Waals surface area contributed by atoms with Crippen LogP contribution < -0.4 is 0 Å². The smallest absolute Gasteiger partial charge is 0.337 e. The maximum atomic E-state index is 11.1. The number of rotatable bonds is 2. The molecule has 0 aliphatic heterocycles. The number of carboxylic acids is 1. The number of aryl methyl sites for hydroxylation is 1. The first kappa shape index (κ1) is 10.7. The third-order valence-electron chi connectivity index (χ3n) is 2.92. The zero-order chi connectivity index (χ0) is 11.9. The van der Waals surface area contributed by atoms with Gasteiger partial charge in [0.2, 0.25) is 0 Å². The summed E-state index contributed by atoms with van der Waals surface area (Å²) in [7, 11) is 1.87. The van der Waals surface area contributed by atoms with Crippen molar-refractivity contribution in [3.8, 4) is 0 Å². The van der Waals surface area contributed by atoms with Gasteiger partial charge in [0.05, 0.1) is 11.1 Å². The van der Waals surface area contributed by atoms with Crippen LogP contribution in [0.4, 0.5) is 0 Å². The maximum absolute atomic E-state index is 11.1. The number of aromatic nitrogens is 1. The lowest BCUT2D eigenvalue weighted by Gasteiger charge is -2.10. The van der Waals surface area contributed by atoms with Crippen LogP contribution in [0.3, 0.4) is 0 Å². The fourth-order valence-corrected chi connectivity index (χ4v) is 2.12. The van der Waals surface area contributed by atoms with Crippen molar-refractivity contribution in [1.82, 2.24) is 4.57 Å². The van der Waals surface area contributed by atoms with E-state index in [1.54, 1.807) is 6.07 Å². The molecule has 0 atom stereocenters. The minimum Gasteiger partial charge on any atom is -0.478 e. The lowest BCUT2D eigenvalue weighted by atomic mass is 9.97. The molecule has 0 radical (unpaired) electrons. The standard InChI is InChI=1S/C13H15NO2/c1-8(2)9-4-5-11(13(15)16)12-10(9)6-7-14(12)3/h4-8H,1-3H3,(H,15,16). The zero-order valence-corrected chi connectivity index (χ0v) is 9.69. The van der Waals surface area contributed by atoms with Gasteiger partial charge in [0.1, 0.15) is 0 Å². The molecular weight excluding hydrogens is 202 g/mol. The van der Waals surface area contributed by atoms with Crippen molar-refractivity contribution in [2.75, 3.05) is 0 Å². The molecule has 3 nitrogen and oxygen atoms in total. The Balaban J connectivity index is 2.84. The highest BCUT2D eigenvalue weighted by Gasteiger charge is 2.15. The molecule has 1 aromatic carbocycles. The zero-order valence-electron chi connectivity index (χ0n) is 9.69. The Labute approximate surface area is 94.3 Å². The van der Waals surface area contributed by atoms with Crippen LogP contribution >= 0.6 is 0 Å². The van der Waals surface area contributed by atoms with Crippen LogP contribution in [0.2, 0.25) is 0 Å². The van der Waals surface area contributed by atoms with E-state index >= 15 is 0 Å². The second kappa shape index (κ2) is 3.67. The largest absolute Gasteiger partial charge is 0.478 e. The van der Waals surface area contributed by atoms with E-state index in [2.05, 4.69) is 13.8 Å². The summed E-state index contributed by atoms with van der Waals surface area (Å²) in [5, 5.41) is 10.2. The van der Waals surface area contributed by atoms with Gasteiger partial charge < -0.3 is 9.67 Å². The van der Waals surface area contributed by atoms with Gasteiger partial charge in [-0.05, 0) is 23.6 Å². The number of nitrogens with zero attached hydrogens (tertiary/aromatic N) is 1. The first-order valence-electron chi connectivity index (χ1n) is 5.33. The molecule has 0 bridgehead atoms. The lowest BCUT2D eigenvalue weighted by molar-refractivity contribution is 0.0698. The van der Waals surface area contributed by atoms with Crippen molar-refractivity contribution >= 4 is 16.9 Å². The summed E-state index contributed by atoms with van der Waals surface area (Å²) in [6.45, 7) is 4.23. The summed E-state index contributed by atoms with van der Waals surface area (Å²) in [6, 6.07) is 5.59. The Bertz CT molecular complexity index is 552. The van der Waals surface area contributed by atoms with Crippen LogP contribution in [0.25, 0.3) is 10.9 Å². The molecule has 84 valence electrons. The van der Waals surface area contributed by atoms with E-state index in [4.69, 9.17) is 5.11 Å². The fraction of sp³-hybridized carbons (Fsp3) is 0.308. The van der Waals surface area contributed by atoms with Gasteiger partial charge in [-0.2, -0.15) is 0 Å². The number of aromatic carboxylic acids is 1. The average molecular weight is 217 g/mol. The topological polar surface area (TPSA) is 42.2 Å². The maximum Gasteiger partial charge on any atom is 0.337 e. The third-order valence-corrected chi connectivity index (χ3v) is 2.92. The molecule has 0 aliphatic rings. The number of hydrogen-bond acceptors (Lipinski definition) is 1. The highest BCUT2D eigenvalue weighted by atomic mass is 16.4. The summed E-state index contributed by atoms with van der Waals surface area (Å²) in [5.74, 6) is -0.477. The predicted molar refractivity (Wildman–Crippen MR) is 64.0 cm³/mol. The van der Waals surface area contributed by atoms with Gasteiger partial charge in [0, 0.05) is 18.6 Å². The van der Waals surface area contributed by atoms with E-state index in [1.165, 1.54) is 5.56 Å². The third kappa shape index (κ3) is 1.48. The molecule has 0 aliphatic carbocycles. The molecule has 0 amide bonds. The van der Waals surface area contributed by atoms with Crippen LogP contribution in [-0.2, 0) is 7.05 Å². The monoisotopic (exact) mass is 217 g/mol. The van der Waals surface area contributed by atoms with Gasteiger partial charge >= 0.3 is 5.97 Å². The molecule has 0 saturated heterocycles. The van der Waals surface area contributed by atoms with Crippen LogP contribution in [0, 0.1) is 0 Å². The molecular formula is C13H15NO2. The normalized spacial score (nSPS) is 11.2. The van der Waals surface area contributed by atoms with Gasteiger partial charge in [-0.15, -0.1) is 0 Å². The quantitative estimate of drug-likeness (QED) is 0.840. The SMILES string of the molecule is CC(C)c1ccc(C(=O)O)c2c1ccn2C. The van der Waals surface area contributed by atoms with Gasteiger partial charge in [0.25, 0.3) is 0 Å². The van der Waals surface area contributed by atoms with E-state index in [9.17, 15) is 4.79 Å². The van der Waals surface area contributed by atoms with E-state index in [-0.39, 0.29) is 0 Å². The van der Waals surface area contributed by atoms with E-state index in [0.29, 0.717) is 11.5 Å². The van der Waals surface area contributed by atoms with Gasteiger partial charge in [-0.25, -0.2) is 4.79 Å². The number of carbonyl (C=O) groups is 1. The van der Waals surface area contributed by atoms with Gasteiger partial charge in [-0.1, -0.05) is 19.9 Å². The number of hydrogen-bond donors (Lipinski definition) is 1. The molecule has 0 spiro atoms. The predicted octanol–water partition coefficient (Wildman–Crippen LogP) is 3.00. The molecule has 0 fully saturated rings. The molecule has 2 rings (SSSR count). The van der Waals surface area contributed by atoms with Crippen molar-refractivity contribution < 1.29 is 9.90 Å². The molecule has 1 N–H and O–H groups in total. The van der Waals surface area contributed by atoms with Crippen molar-refractivity contribution in [2.24, 2.45) is 7.05 Å². The van der Waals surface area contributed by atoms with Crippen molar-refractivity contribution in [3.05, 3.63) is 35.5 Å². The highest BCUT2D eigenvalue weighted by Crippen LogP contribution is 2.28.